The Morgan fingerprint density at radius 1 is 1.53 bits per heavy atom. The minimum absolute atomic E-state index is 0.521. The molecule has 0 aromatic carbocycles. The Labute approximate surface area is 91.3 Å². The van der Waals surface area contributed by atoms with Crippen LogP contribution in [0.4, 0.5) is 11.5 Å². The molecular weight excluding hydrogens is 186 g/mol. The molecule has 1 aromatic rings. The standard InChI is InChI=1S/C12H19N3/c1-9(2)15(8-10-3-4-10)11-5-6-14-12(13)7-11/h5-7,9-10H,3-4,8H2,1-2H3,(H2,13,14). The van der Waals surface area contributed by atoms with Crippen molar-refractivity contribution in [1.82, 2.24) is 4.98 Å². The van der Waals surface area contributed by atoms with E-state index in [2.05, 4.69) is 23.7 Å². The fraction of sp³-hybridized carbons (Fsp3) is 0.583. The first kappa shape index (κ1) is 10.3. The highest BCUT2D eigenvalue weighted by Gasteiger charge is 2.25. The third-order valence-corrected chi connectivity index (χ3v) is 2.87. The molecule has 1 aliphatic rings. The van der Waals surface area contributed by atoms with Crippen molar-refractivity contribution in [2.75, 3.05) is 17.2 Å². The maximum Gasteiger partial charge on any atom is 0.125 e. The molecule has 1 heterocycles. The van der Waals surface area contributed by atoms with Gasteiger partial charge in [-0.2, -0.15) is 0 Å². The molecule has 3 nitrogen and oxygen atoms in total. The van der Waals surface area contributed by atoms with Gasteiger partial charge in [-0.3, -0.25) is 0 Å². The zero-order valence-electron chi connectivity index (χ0n) is 9.48. The van der Waals surface area contributed by atoms with E-state index >= 15 is 0 Å². The van der Waals surface area contributed by atoms with Crippen LogP contribution in [0.3, 0.4) is 0 Å². The summed E-state index contributed by atoms with van der Waals surface area (Å²) in [6.07, 6.45) is 4.54. The van der Waals surface area contributed by atoms with Crippen LogP contribution in [-0.4, -0.2) is 17.6 Å². The minimum Gasteiger partial charge on any atom is -0.384 e. The SMILES string of the molecule is CC(C)N(CC1CC1)c1ccnc(N)c1. The van der Waals surface area contributed by atoms with Gasteiger partial charge in [0, 0.05) is 30.5 Å². The fourth-order valence-corrected chi connectivity index (χ4v) is 1.81. The van der Waals surface area contributed by atoms with E-state index in [9.17, 15) is 0 Å². The van der Waals surface area contributed by atoms with Gasteiger partial charge in [-0.15, -0.1) is 0 Å². The molecule has 0 amide bonds. The number of hydrogen-bond acceptors (Lipinski definition) is 3. The van der Waals surface area contributed by atoms with Gasteiger partial charge in [0.05, 0.1) is 0 Å². The van der Waals surface area contributed by atoms with Crippen molar-refractivity contribution < 1.29 is 0 Å². The first-order valence-corrected chi connectivity index (χ1v) is 5.65. The molecule has 1 aromatic heterocycles. The molecule has 0 unspecified atom stereocenters. The lowest BCUT2D eigenvalue weighted by molar-refractivity contribution is 0.644. The smallest absolute Gasteiger partial charge is 0.125 e. The first-order valence-electron chi connectivity index (χ1n) is 5.65. The maximum absolute atomic E-state index is 5.71. The van der Waals surface area contributed by atoms with Crippen molar-refractivity contribution in [3.8, 4) is 0 Å². The van der Waals surface area contributed by atoms with Gasteiger partial charge >= 0.3 is 0 Å². The van der Waals surface area contributed by atoms with Crippen LogP contribution in [0.5, 0.6) is 0 Å². The summed E-state index contributed by atoms with van der Waals surface area (Å²) >= 11 is 0. The third kappa shape index (κ3) is 2.61. The summed E-state index contributed by atoms with van der Waals surface area (Å²) < 4.78 is 0. The van der Waals surface area contributed by atoms with E-state index in [1.165, 1.54) is 18.5 Å². The Kier molecular flexibility index (Phi) is 2.80. The number of nitrogens with two attached hydrogens (primary N) is 1. The second-order valence-electron chi connectivity index (χ2n) is 4.63. The van der Waals surface area contributed by atoms with Gasteiger partial charge in [0.2, 0.25) is 0 Å². The molecule has 0 saturated heterocycles. The van der Waals surface area contributed by atoms with Gasteiger partial charge in [0.1, 0.15) is 5.82 Å². The molecule has 1 aliphatic carbocycles. The van der Waals surface area contributed by atoms with Gasteiger partial charge in [-0.05, 0) is 38.7 Å². The summed E-state index contributed by atoms with van der Waals surface area (Å²) in [6, 6.07) is 4.52. The van der Waals surface area contributed by atoms with Crippen molar-refractivity contribution in [3.05, 3.63) is 18.3 Å². The monoisotopic (exact) mass is 205 g/mol. The Morgan fingerprint density at radius 2 is 2.27 bits per heavy atom. The summed E-state index contributed by atoms with van der Waals surface area (Å²) in [5.74, 6) is 1.50. The molecule has 2 rings (SSSR count). The Balaban J connectivity index is 2.15. The molecule has 82 valence electrons. The molecule has 0 radical (unpaired) electrons. The molecule has 2 N–H and O–H groups in total. The normalized spacial score (nSPS) is 15.7. The number of rotatable bonds is 4. The van der Waals surface area contributed by atoms with Crippen LogP contribution >= 0.6 is 0 Å². The van der Waals surface area contributed by atoms with Crippen LogP contribution in [0.1, 0.15) is 26.7 Å². The largest absolute Gasteiger partial charge is 0.384 e. The second kappa shape index (κ2) is 4.09. The average Bonchev–Trinajstić information content (AvgIpc) is 2.97. The van der Waals surface area contributed by atoms with Crippen LogP contribution in [0.15, 0.2) is 18.3 Å². The van der Waals surface area contributed by atoms with Crippen molar-refractivity contribution in [1.29, 1.82) is 0 Å². The van der Waals surface area contributed by atoms with E-state index in [1.807, 2.05) is 12.1 Å². The quantitative estimate of drug-likeness (QED) is 0.820. The first-order chi connectivity index (χ1) is 7.16. The van der Waals surface area contributed by atoms with Gasteiger partial charge in [0.25, 0.3) is 0 Å². The summed E-state index contributed by atoms with van der Waals surface area (Å²) in [7, 11) is 0. The number of hydrogen-bond donors (Lipinski definition) is 1. The van der Waals surface area contributed by atoms with E-state index < -0.39 is 0 Å². The summed E-state index contributed by atoms with van der Waals surface area (Å²) in [5, 5.41) is 0. The molecule has 1 saturated carbocycles. The van der Waals surface area contributed by atoms with E-state index in [0.29, 0.717) is 11.9 Å². The number of pyridine rings is 1. The van der Waals surface area contributed by atoms with E-state index in [0.717, 1.165) is 12.5 Å². The zero-order valence-corrected chi connectivity index (χ0v) is 9.48. The fourth-order valence-electron chi connectivity index (χ4n) is 1.81. The average molecular weight is 205 g/mol. The van der Waals surface area contributed by atoms with Gasteiger partial charge in [-0.1, -0.05) is 0 Å². The Bertz CT molecular complexity index is 331. The predicted octanol–water partition coefficient (Wildman–Crippen LogP) is 2.29. The van der Waals surface area contributed by atoms with Crippen LogP contribution in [-0.2, 0) is 0 Å². The third-order valence-electron chi connectivity index (χ3n) is 2.87. The lowest BCUT2D eigenvalue weighted by Gasteiger charge is -2.29. The zero-order chi connectivity index (χ0) is 10.8. The predicted molar refractivity (Wildman–Crippen MR) is 63.9 cm³/mol. The Hall–Kier alpha value is -1.25. The van der Waals surface area contributed by atoms with Crippen LogP contribution < -0.4 is 10.6 Å². The summed E-state index contributed by atoms with van der Waals surface area (Å²) in [5.41, 5.74) is 6.90. The molecule has 0 aliphatic heterocycles. The van der Waals surface area contributed by atoms with E-state index in [1.54, 1.807) is 6.20 Å². The number of nitrogen functional groups attached to an aromatic ring is 1. The molecule has 0 atom stereocenters. The van der Waals surface area contributed by atoms with Gasteiger partial charge < -0.3 is 10.6 Å². The second-order valence-corrected chi connectivity index (χ2v) is 4.63. The van der Waals surface area contributed by atoms with Crippen molar-refractivity contribution >= 4 is 11.5 Å². The summed E-state index contributed by atoms with van der Waals surface area (Å²) in [6.45, 7) is 5.60. The molecule has 0 bridgehead atoms. The highest BCUT2D eigenvalue weighted by Crippen LogP contribution is 2.32. The maximum atomic E-state index is 5.71. The van der Waals surface area contributed by atoms with Gasteiger partial charge in [0.15, 0.2) is 0 Å². The van der Waals surface area contributed by atoms with Crippen molar-refractivity contribution in [2.45, 2.75) is 32.7 Å². The minimum atomic E-state index is 0.521. The van der Waals surface area contributed by atoms with E-state index in [4.69, 9.17) is 5.73 Å². The Morgan fingerprint density at radius 3 is 2.80 bits per heavy atom. The molecule has 1 fully saturated rings. The molecule has 15 heavy (non-hydrogen) atoms. The highest BCUT2D eigenvalue weighted by molar-refractivity contribution is 5.52. The number of nitrogens with zero attached hydrogens (tertiary/aromatic N) is 2. The molecule has 0 spiro atoms. The lowest BCUT2D eigenvalue weighted by Crippen LogP contribution is -2.32. The highest BCUT2D eigenvalue weighted by atomic mass is 15.2. The van der Waals surface area contributed by atoms with Crippen molar-refractivity contribution in [3.63, 3.8) is 0 Å². The number of aromatic nitrogens is 1. The van der Waals surface area contributed by atoms with Crippen LogP contribution in [0, 0.1) is 5.92 Å². The van der Waals surface area contributed by atoms with E-state index in [-0.39, 0.29) is 0 Å². The van der Waals surface area contributed by atoms with Crippen LogP contribution in [0.2, 0.25) is 0 Å². The topological polar surface area (TPSA) is 42.2 Å². The van der Waals surface area contributed by atoms with Gasteiger partial charge in [-0.25, -0.2) is 4.98 Å². The molecular formula is C12H19N3. The lowest BCUT2D eigenvalue weighted by atomic mass is 10.2. The number of anilines is 2. The summed E-state index contributed by atoms with van der Waals surface area (Å²) in [4.78, 5) is 6.44. The van der Waals surface area contributed by atoms with Crippen LogP contribution in [0.25, 0.3) is 0 Å². The molecule has 3 heteroatoms. The van der Waals surface area contributed by atoms with Crippen molar-refractivity contribution in [2.24, 2.45) is 5.92 Å².